The number of ether oxygens (including phenoxy) is 2. The van der Waals surface area contributed by atoms with Crippen molar-refractivity contribution in [1.29, 1.82) is 0 Å². The largest absolute Gasteiger partial charge is 0.375 e. The molecule has 0 saturated carbocycles. The Morgan fingerprint density at radius 3 is 2.56 bits per heavy atom. The van der Waals surface area contributed by atoms with Crippen molar-refractivity contribution in [3.63, 3.8) is 0 Å². The molecule has 2 aliphatic rings. The van der Waals surface area contributed by atoms with Gasteiger partial charge in [-0.2, -0.15) is 0 Å². The molecular formula is C18H28N4O3. The molecule has 3 rings (SSSR count). The molecule has 1 spiro atoms. The number of hydrogen-bond acceptors (Lipinski definition) is 5. The highest BCUT2D eigenvalue weighted by atomic mass is 16.6. The van der Waals surface area contributed by atoms with Crippen LogP contribution in [0.15, 0.2) is 12.4 Å². The molecule has 0 aromatic carbocycles. The first-order valence-electron chi connectivity index (χ1n) is 8.87. The Balaban J connectivity index is 1.68. The fourth-order valence-corrected chi connectivity index (χ4v) is 3.44. The number of amides is 2. The summed E-state index contributed by atoms with van der Waals surface area (Å²) in [5.74, 6) is 0.751. The van der Waals surface area contributed by atoms with Crippen molar-refractivity contribution in [3.8, 4) is 0 Å². The molecule has 2 saturated heterocycles. The Bertz CT molecular complexity index is 628. The fourth-order valence-electron chi connectivity index (χ4n) is 3.44. The average Bonchev–Trinajstić information content (AvgIpc) is 2.86. The number of aromatic nitrogens is 2. The summed E-state index contributed by atoms with van der Waals surface area (Å²) >= 11 is 0. The Morgan fingerprint density at radius 2 is 2.00 bits per heavy atom. The van der Waals surface area contributed by atoms with E-state index in [4.69, 9.17) is 9.47 Å². The maximum atomic E-state index is 12.7. The summed E-state index contributed by atoms with van der Waals surface area (Å²) in [5, 5.41) is 2.90. The predicted octanol–water partition coefficient (Wildman–Crippen LogP) is 2.57. The molecule has 3 heterocycles. The van der Waals surface area contributed by atoms with E-state index in [2.05, 4.69) is 36.1 Å². The molecule has 2 fully saturated rings. The van der Waals surface area contributed by atoms with Crippen molar-refractivity contribution < 1.29 is 14.3 Å². The van der Waals surface area contributed by atoms with E-state index in [0.29, 0.717) is 25.4 Å². The van der Waals surface area contributed by atoms with Crippen LogP contribution in [0.5, 0.6) is 0 Å². The minimum atomic E-state index is -0.401. The molecule has 1 aromatic heterocycles. The molecule has 0 bridgehead atoms. The van der Waals surface area contributed by atoms with Crippen LogP contribution >= 0.6 is 0 Å². The zero-order valence-corrected chi connectivity index (χ0v) is 15.7. The number of nitrogens with zero attached hydrogens (tertiary/aromatic N) is 3. The lowest BCUT2D eigenvalue weighted by molar-refractivity contribution is -0.159. The summed E-state index contributed by atoms with van der Waals surface area (Å²) < 4.78 is 11.8. The molecule has 7 heteroatoms. The lowest BCUT2D eigenvalue weighted by Gasteiger charge is -2.44. The van der Waals surface area contributed by atoms with Gasteiger partial charge in [-0.05, 0) is 13.8 Å². The number of urea groups is 1. The highest BCUT2D eigenvalue weighted by Gasteiger charge is 2.48. The second kappa shape index (κ2) is 6.53. The first kappa shape index (κ1) is 18.1. The Labute approximate surface area is 149 Å². The Morgan fingerprint density at radius 1 is 1.32 bits per heavy atom. The van der Waals surface area contributed by atoms with Crippen molar-refractivity contribution in [2.24, 2.45) is 0 Å². The fraction of sp³-hybridized carbons (Fsp3) is 0.722. The molecule has 0 unspecified atom stereocenters. The van der Waals surface area contributed by atoms with Gasteiger partial charge in [0.25, 0.3) is 0 Å². The van der Waals surface area contributed by atoms with Gasteiger partial charge in [0.15, 0.2) is 0 Å². The molecule has 138 valence electrons. The lowest BCUT2D eigenvalue weighted by atomic mass is 9.93. The Kier molecular flexibility index (Phi) is 4.72. The van der Waals surface area contributed by atoms with Crippen LogP contribution in [0.1, 0.15) is 46.9 Å². The zero-order chi connectivity index (χ0) is 18.2. The van der Waals surface area contributed by atoms with E-state index in [0.717, 1.165) is 12.2 Å². The second-order valence-corrected chi connectivity index (χ2v) is 8.11. The molecule has 25 heavy (non-hydrogen) atoms. The molecule has 2 amide bonds. The lowest BCUT2D eigenvalue weighted by Crippen LogP contribution is -2.60. The SMILES string of the molecule is C[C@@H]1CN(C(=O)Nc2cnc(C(C)(C)C)nc2)C[C@@]2(CCO[C@@H]2C)O1. The van der Waals surface area contributed by atoms with E-state index < -0.39 is 5.60 Å². The molecule has 1 aromatic rings. The maximum Gasteiger partial charge on any atom is 0.322 e. The van der Waals surface area contributed by atoms with Gasteiger partial charge in [0.05, 0.1) is 36.8 Å². The standard InChI is InChI=1S/C18H28N4O3/c1-12-10-22(11-18(25-12)6-7-24-13(18)2)16(23)21-14-8-19-15(20-9-14)17(3,4)5/h8-9,12-13H,6-7,10-11H2,1-5H3,(H,21,23)/t12-,13-,18-/m1/s1. The number of hydrogen-bond donors (Lipinski definition) is 1. The van der Waals surface area contributed by atoms with Crippen LogP contribution < -0.4 is 5.32 Å². The van der Waals surface area contributed by atoms with E-state index in [-0.39, 0.29) is 23.7 Å². The second-order valence-electron chi connectivity index (χ2n) is 8.11. The quantitative estimate of drug-likeness (QED) is 0.844. The summed E-state index contributed by atoms with van der Waals surface area (Å²) in [5.41, 5.74) is 0.0799. The van der Waals surface area contributed by atoms with Gasteiger partial charge in [0.2, 0.25) is 0 Å². The van der Waals surface area contributed by atoms with Crippen LogP contribution in [-0.2, 0) is 14.9 Å². The highest BCUT2D eigenvalue weighted by Crippen LogP contribution is 2.35. The summed E-state index contributed by atoms with van der Waals surface area (Å²) in [7, 11) is 0. The average molecular weight is 348 g/mol. The number of carbonyl (C=O) groups excluding carboxylic acids is 1. The number of nitrogens with one attached hydrogen (secondary N) is 1. The predicted molar refractivity (Wildman–Crippen MR) is 94.6 cm³/mol. The third-order valence-electron chi connectivity index (χ3n) is 4.87. The van der Waals surface area contributed by atoms with Gasteiger partial charge >= 0.3 is 6.03 Å². The van der Waals surface area contributed by atoms with E-state index in [1.807, 2.05) is 13.8 Å². The van der Waals surface area contributed by atoms with Crippen LogP contribution in [0, 0.1) is 0 Å². The first-order valence-corrected chi connectivity index (χ1v) is 8.87. The minimum Gasteiger partial charge on any atom is -0.375 e. The van der Waals surface area contributed by atoms with Crippen molar-refractivity contribution >= 4 is 11.7 Å². The third-order valence-corrected chi connectivity index (χ3v) is 4.87. The third kappa shape index (κ3) is 3.77. The van der Waals surface area contributed by atoms with Gasteiger partial charge in [-0.15, -0.1) is 0 Å². The van der Waals surface area contributed by atoms with Crippen LogP contribution in [0.4, 0.5) is 10.5 Å². The molecule has 2 aliphatic heterocycles. The van der Waals surface area contributed by atoms with Crippen molar-refractivity contribution in [2.45, 2.75) is 64.3 Å². The van der Waals surface area contributed by atoms with Crippen LogP contribution in [-0.4, -0.2) is 58.4 Å². The molecule has 7 nitrogen and oxygen atoms in total. The summed E-state index contributed by atoms with van der Waals surface area (Å²) in [6.07, 6.45) is 4.09. The van der Waals surface area contributed by atoms with Crippen molar-refractivity contribution in [3.05, 3.63) is 18.2 Å². The number of rotatable bonds is 1. The highest BCUT2D eigenvalue weighted by molar-refractivity contribution is 5.89. The maximum absolute atomic E-state index is 12.7. The monoisotopic (exact) mass is 348 g/mol. The van der Waals surface area contributed by atoms with Crippen LogP contribution in [0.2, 0.25) is 0 Å². The number of anilines is 1. The minimum absolute atomic E-state index is 0.0139. The molecular weight excluding hydrogens is 320 g/mol. The molecule has 3 atom stereocenters. The topological polar surface area (TPSA) is 76.6 Å². The number of morpholine rings is 1. The summed E-state index contributed by atoms with van der Waals surface area (Å²) in [6.45, 7) is 11.9. The van der Waals surface area contributed by atoms with E-state index >= 15 is 0 Å². The van der Waals surface area contributed by atoms with Gasteiger partial charge in [0.1, 0.15) is 11.4 Å². The molecule has 0 aliphatic carbocycles. The van der Waals surface area contributed by atoms with Crippen molar-refractivity contribution in [2.75, 3.05) is 25.0 Å². The Hall–Kier alpha value is -1.73. The normalized spacial score (nSPS) is 29.9. The smallest absolute Gasteiger partial charge is 0.322 e. The van der Waals surface area contributed by atoms with E-state index in [1.54, 1.807) is 17.3 Å². The van der Waals surface area contributed by atoms with E-state index in [9.17, 15) is 4.79 Å². The first-order chi connectivity index (χ1) is 11.7. The zero-order valence-electron chi connectivity index (χ0n) is 15.7. The van der Waals surface area contributed by atoms with Gasteiger partial charge in [-0.3, -0.25) is 0 Å². The van der Waals surface area contributed by atoms with Gasteiger partial charge in [-0.25, -0.2) is 14.8 Å². The van der Waals surface area contributed by atoms with Crippen molar-refractivity contribution in [1.82, 2.24) is 14.9 Å². The van der Waals surface area contributed by atoms with Gasteiger partial charge in [0, 0.05) is 25.0 Å². The van der Waals surface area contributed by atoms with Gasteiger partial charge < -0.3 is 19.7 Å². The van der Waals surface area contributed by atoms with Crippen LogP contribution in [0.3, 0.4) is 0 Å². The van der Waals surface area contributed by atoms with Gasteiger partial charge in [-0.1, -0.05) is 20.8 Å². The number of carbonyl (C=O) groups is 1. The van der Waals surface area contributed by atoms with Crippen LogP contribution in [0.25, 0.3) is 0 Å². The summed E-state index contributed by atoms with van der Waals surface area (Å²) in [6, 6.07) is -0.152. The summed E-state index contributed by atoms with van der Waals surface area (Å²) in [4.78, 5) is 23.2. The molecule has 1 N–H and O–H groups in total. The molecule has 0 radical (unpaired) electrons. The van der Waals surface area contributed by atoms with E-state index in [1.165, 1.54) is 0 Å².